The second-order valence-electron chi connectivity index (χ2n) is 11.9. The lowest BCUT2D eigenvalue weighted by molar-refractivity contribution is -0.0459. The van der Waals surface area contributed by atoms with Gasteiger partial charge in [-0.2, -0.15) is 0 Å². The van der Waals surface area contributed by atoms with Gasteiger partial charge in [0.05, 0.1) is 7.11 Å². The molecular weight excluding hydrogens is 628 g/mol. The number of fused-ring (bicyclic) bond motifs is 2. The standard InChI is InChI=1S/C43H32O7/c1-45-37-25-34(46-27-29-14-6-2-7-15-29)26-38-39(37)40(44)42(47-28-30-16-8-3-9-17-30)41(48-38)31-22-23-35-36(24-31)50-43(49-35,32-18-10-4-11-19-32)33-20-12-5-13-21-33/h2-26H,27-28H2,1H3. The van der Waals surface area contributed by atoms with Crippen LogP contribution in [0.2, 0.25) is 0 Å². The first-order valence-electron chi connectivity index (χ1n) is 16.3. The van der Waals surface area contributed by atoms with E-state index in [4.69, 9.17) is 28.1 Å². The zero-order valence-electron chi connectivity index (χ0n) is 27.2. The SMILES string of the molecule is COc1cc(OCc2ccccc2)cc2oc(-c3ccc4c(c3)OC(c3ccccc3)(c3ccccc3)O4)c(OCc3ccccc3)c(=O)c12. The normalized spacial score (nSPS) is 12.8. The Hall–Kier alpha value is -6.47. The van der Waals surface area contributed by atoms with Crippen molar-refractivity contribution >= 4 is 11.0 Å². The van der Waals surface area contributed by atoms with Gasteiger partial charge in [0.2, 0.25) is 11.2 Å². The highest BCUT2D eigenvalue weighted by Gasteiger charge is 2.45. The third kappa shape index (κ3) is 5.79. The van der Waals surface area contributed by atoms with Gasteiger partial charge in [0.1, 0.15) is 35.7 Å². The zero-order valence-corrected chi connectivity index (χ0v) is 27.2. The molecule has 2 heterocycles. The van der Waals surface area contributed by atoms with Crippen molar-refractivity contribution in [3.05, 3.63) is 184 Å². The van der Waals surface area contributed by atoms with E-state index in [0.29, 0.717) is 40.8 Å². The maximum absolute atomic E-state index is 14.4. The molecular formula is C43H32O7. The van der Waals surface area contributed by atoms with Crippen molar-refractivity contribution in [2.24, 2.45) is 0 Å². The summed E-state index contributed by atoms with van der Waals surface area (Å²) in [5.41, 5.74) is 4.06. The molecule has 0 atom stereocenters. The molecule has 50 heavy (non-hydrogen) atoms. The van der Waals surface area contributed by atoms with Crippen LogP contribution in [0.25, 0.3) is 22.3 Å². The second-order valence-corrected chi connectivity index (χ2v) is 11.9. The second kappa shape index (κ2) is 13.2. The number of benzene rings is 6. The van der Waals surface area contributed by atoms with Crippen LogP contribution in [0.4, 0.5) is 0 Å². The molecule has 0 fully saturated rings. The number of methoxy groups -OCH3 is 1. The highest BCUT2D eigenvalue weighted by Crippen LogP contribution is 2.49. The van der Waals surface area contributed by atoms with E-state index in [1.54, 1.807) is 12.1 Å². The van der Waals surface area contributed by atoms with Crippen LogP contribution in [0.1, 0.15) is 22.3 Å². The highest BCUT2D eigenvalue weighted by atomic mass is 16.7. The van der Waals surface area contributed by atoms with Gasteiger partial charge >= 0.3 is 5.79 Å². The Morgan fingerprint density at radius 3 is 1.76 bits per heavy atom. The van der Waals surface area contributed by atoms with Gasteiger partial charge in [0, 0.05) is 28.8 Å². The number of hydrogen-bond acceptors (Lipinski definition) is 7. The number of hydrogen-bond donors (Lipinski definition) is 0. The molecule has 7 heteroatoms. The summed E-state index contributed by atoms with van der Waals surface area (Å²) in [7, 11) is 1.51. The Morgan fingerprint density at radius 1 is 0.600 bits per heavy atom. The van der Waals surface area contributed by atoms with E-state index in [9.17, 15) is 4.79 Å². The first-order chi connectivity index (χ1) is 24.6. The Balaban J connectivity index is 1.24. The monoisotopic (exact) mass is 660 g/mol. The fourth-order valence-electron chi connectivity index (χ4n) is 6.14. The van der Waals surface area contributed by atoms with Gasteiger partial charge in [-0.05, 0) is 29.3 Å². The molecule has 0 spiro atoms. The first kappa shape index (κ1) is 30.8. The summed E-state index contributed by atoms with van der Waals surface area (Å²) in [5.74, 6) is 0.929. The van der Waals surface area contributed by atoms with E-state index in [1.165, 1.54) is 7.11 Å². The summed E-state index contributed by atoms with van der Waals surface area (Å²) in [6.45, 7) is 0.484. The lowest BCUT2D eigenvalue weighted by Gasteiger charge is -2.28. The van der Waals surface area contributed by atoms with Gasteiger partial charge in [-0.3, -0.25) is 4.79 Å². The van der Waals surface area contributed by atoms with Gasteiger partial charge in [-0.1, -0.05) is 121 Å². The summed E-state index contributed by atoms with van der Waals surface area (Å²) in [5, 5.41) is 0.249. The molecule has 0 saturated heterocycles. The Kier molecular flexibility index (Phi) is 8.14. The lowest BCUT2D eigenvalue weighted by Crippen LogP contribution is -2.36. The topological polar surface area (TPSA) is 76.4 Å². The van der Waals surface area contributed by atoms with Gasteiger partial charge < -0.3 is 28.1 Å². The zero-order chi connectivity index (χ0) is 33.9. The fraction of sp³-hybridized carbons (Fsp3) is 0.0930. The van der Waals surface area contributed by atoms with Crippen LogP contribution >= 0.6 is 0 Å². The fourth-order valence-corrected chi connectivity index (χ4v) is 6.14. The van der Waals surface area contributed by atoms with Crippen LogP contribution in [-0.2, 0) is 19.0 Å². The predicted octanol–water partition coefficient (Wildman–Crippen LogP) is 9.30. The summed E-state index contributed by atoms with van der Waals surface area (Å²) in [4.78, 5) is 14.4. The van der Waals surface area contributed by atoms with E-state index < -0.39 is 5.79 Å². The van der Waals surface area contributed by atoms with Crippen LogP contribution in [0.15, 0.2) is 161 Å². The molecule has 246 valence electrons. The van der Waals surface area contributed by atoms with Crippen molar-refractivity contribution < 1.29 is 28.1 Å². The minimum atomic E-state index is -1.21. The van der Waals surface area contributed by atoms with Crippen molar-refractivity contribution in [1.82, 2.24) is 0 Å². The van der Waals surface area contributed by atoms with Crippen LogP contribution in [0.5, 0.6) is 28.7 Å². The molecule has 0 radical (unpaired) electrons. The molecule has 8 rings (SSSR count). The van der Waals surface area contributed by atoms with Gasteiger partial charge in [0.15, 0.2) is 17.3 Å². The quantitative estimate of drug-likeness (QED) is 0.145. The number of ether oxygens (including phenoxy) is 5. The summed E-state index contributed by atoms with van der Waals surface area (Å²) in [6, 6.07) is 48.0. The molecule has 0 bridgehead atoms. The molecule has 0 saturated carbocycles. The van der Waals surface area contributed by atoms with Gasteiger partial charge in [-0.15, -0.1) is 0 Å². The predicted molar refractivity (Wildman–Crippen MR) is 191 cm³/mol. The van der Waals surface area contributed by atoms with Crippen molar-refractivity contribution in [1.29, 1.82) is 0 Å². The lowest BCUT2D eigenvalue weighted by atomic mass is 9.97. The third-order valence-electron chi connectivity index (χ3n) is 8.61. The molecule has 1 aromatic heterocycles. The summed E-state index contributed by atoms with van der Waals surface area (Å²) < 4.78 is 38.0. The molecule has 1 aliphatic rings. The molecule has 7 aromatic rings. The van der Waals surface area contributed by atoms with E-state index in [2.05, 4.69) is 0 Å². The van der Waals surface area contributed by atoms with Crippen molar-refractivity contribution in [2.45, 2.75) is 19.0 Å². The molecule has 0 N–H and O–H groups in total. The van der Waals surface area contributed by atoms with Gasteiger partial charge in [-0.25, -0.2) is 0 Å². The number of rotatable bonds is 10. The van der Waals surface area contributed by atoms with E-state index in [-0.39, 0.29) is 28.9 Å². The molecule has 1 aliphatic heterocycles. The van der Waals surface area contributed by atoms with Crippen molar-refractivity contribution in [2.75, 3.05) is 7.11 Å². The van der Waals surface area contributed by atoms with Crippen LogP contribution < -0.4 is 29.1 Å². The van der Waals surface area contributed by atoms with E-state index in [0.717, 1.165) is 22.3 Å². The van der Waals surface area contributed by atoms with Crippen molar-refractivity contribution in [3.8, 4) is 40.1 Å². The summed E-state index contributed by atoms with van der Waals surface area (Å²) in [6.07, 6.45) is 0. The summed E-state index contributed by atoms with van der Waals surface area (Å²) >= 11 is 0. The molecule has 0 unspecified atom stereocenters. The third-order valence-corrected chi connectivity index (χ3v) is 8.61. The maximum Gasteiger partial charge on any atom is 0.305 e. The largest absolute Gasteiger partial charge is 0.496 e. The van der Waals surface area contributed by atoms with Crippen LogP contribution in [0, 0.1) is 0 Å². The van der Waals surface area contributed by atoms with Crippen molar-refractivity contribution in [3.63, 3.8) is 0 Å². The maximum atomic E-state index is 14.4. The average Bonchev–Trinajstić information content (AvgIpc) is 3.58. The highest BCUT2D eigenvalue weighted by molar-refractivity contribution is 5.89. The van der Waals surface area contributed by atoms with Crippen LogP contribution in [-0.4, -0.2) is 7.11 Å². The Labute approximate surface area is 288 Å². The molecule has 7 nitrogen and oxygen atoms in total. The average molecular weight is 661 g/mol. The first-order valence-corrected chi connectivity index (χ1v) is 16.3. The minimum Gasteiger partial charge on any atom is -0.496 e. The van der Waals surface area contributed by atoms with E-state index >= 15 is 0 Å². The minimum absolute atomic E-state index is 0.0499. The molecule has 0 amide bonds. The Morgan fingerprint density at radius 2 is 1.16 bits per heavy atom. The smallest absolute Gasteiger partial charge is 0.305 e. The van der Waals surface area contributed by atoms with E-state index in [1.807, 2.05) is 140 Å². The molecule has 0 aliphatic carbocycles. The van der Waals surface area contributed by atoms with Gasteiger partial charge in [0.25, 0.3) is 0 Å². The molecule has 6 aromatic carbocycles. The van der Waals surface area contributed by atoms with Crippen LogP contribution in [0.3, 0.4) is 0 Å². The Bertz CT molecular complexity index is 2280.